The van der Waals surface area contributed by atoms with Crippen LogP contribution in [0.4, 0.5) is 4.39 Å². The van der Waals surface area contributed by atoms with Crippen LogP contribution in [0.15, 0.2) is 76.2 Å². The molecule has 0 saturated heterocycles. The lowest BCUT2D eigenvalue weighted by molar-refractivity contribution is 0.340. The van der Waals surface area contributed by atoms with E-state index in [1.54, 1.807) is 30.3 Å². The molecule has 154 valence electrons. The Hall–Kier alpha value is -2.70. The minimum Gasteiger partial charge on any atom is -0.508 e. The van der Waals surface area contributed by atoms with E-state index in [1.165, 1.54) is 6.07 Å². The number of phenols is 1. The molecule has 0 bridgehead atoms. The lowest BCUT2D eigenvalue weighted by atomic mass is 9.93. The highest BCUT2D eigenvalue weighted by Gasteiger charge is 2.29. The second-order valence-corrected chi connectivity index (χ2v) is 8.00. The van der Waals surface area contributed by atoms with Gasteiger partial charge in [-0.25, -0.2) is 4.39 Å². The number of nitrogens with one attached hydrogen (secondary N) is 1. The van der Waals surface area contributed by atoms with E-state index in [9.17, 15) is 9.50 Å². The van der Waals surface area contributed by atoms with E-state index in [0.29, 0.717) is 18.6 Å². The van der Waals surface area contributed by atoms with Gasteiger partial charge in [-0.3, -0.25) is 10.3 Å². The number of rotatable bonds is 5. The van der Waals surface area contributed by atoms with Gasteiger partial charge < -0.3 is 9.84 Å². The molecule has 0 fully saturated rings. The zero-order valence-electron chi connectivity index (χ0n) is 16.5. The van der Waals surface area contributed by atoms with E-state index < -0.39 is 6.17 Å². The monoisotopic (exact) mass is 468 g/mol. The van der Waals surface area contributed by atoms with Crippen LogP contribution in [0, 0.1) is 5.82 Å². The van der Waals surface area contributed by atoms with Crippen LogP contribution < -0.4 is 10.1 Å². The van der Waals surface area contributed by atoms with Crippen molar-refractivity contribution in [2.75, 3.05) is 6.61 Å². The largest absolute Gasteiger partial charge is 0.508 e. The molecule has 0 amide bonds. The second kappa shape index (κ2) is 8.98. The maximum Gasteiger partial charge on any atom is 0.129 e. The van der Waals surface area contributed by atoms with Crippen molar-refractivity contribution in [3.63, 3.8) is 0 Å². The zero-order valence-corrected chi connectivity index (χ0v) is 18.1. The normalized spacial score (nSPS) is 18.7. The lowest BCUT2D eigenvalue weighted by Crippen LogP contribution is -2.33. The van der Waals surface area contributed by atoms with Gasteiger partial charge in [-0.1, -0.05) is 34.1 Å². The molecule has 2 N–H and O–H groups in total. The molecule has 1 aliphatic rings. The molecule has 3 aromatic rings. The molecule has 0 spiro atoms. The average Bonchev–Trinajstić information content (AvgIpc) is 2.76. The number of nitrogens with zero attached hydrogens (tertiary/aromatic N) is 1. The van der Waals surface area contributed by atoms with E-state index in [2.05, 4.69) is 21.2 Å². The average molecular weight is 469 g/mol. The number of hydrogen-bond acceptors (Lipinski definition) is 4. The molecule has 0 unspecified atom stereocenters. The fourth-order valence-electron chi connectivity index (χ4n) is 3.65. The van der Waals surface area contributed by atoms with Crippen LogP contribution in [-0.2, 0) is 0 Å². The molecule has 3 aromatic carbocycles. The number of aromatic hydroxyl groups is 1. The van der Waals surface area contributed by atoms with E-state index in [4.69, 9.17) is 9.73 Å². The van der Waals surface area contributed by atoms with Crippen LogP contribution in [0.3, 0.4) is 0 Å². The van der Waals surface area contributed by atoms with Gasteiger partial charge in [0.15, 0.2) is 0 Å². The molecule has 0 aliphatic carbocycles. The van der Waals surface area contributed by atoms with E-state index in [0.717, 1.165) is 27.1 Å². The molecule has 1 heterocycles. The van der Waals surface area contributed by atoms with Gasteiger partial charge in [-0.2, -0.15) is 0 Å². The number of hydrogen-bond donors (Lipinski definition) is 2. The summed E-state index contributed by atoms with van der Waals surface area (Å²) in [5.74, 6) is 0.669. The summed E-state index contributed by atoms with van der Waals surface area (Å²) in [6.07, 6.45) is -0.00643. The van der Waals surface area contributed by atoms with Crippen LogP contribution in [0.2, 0.25) is 0 Å². The van der Waals surface area contributed by atoms with Crippen LogP contribution >= 0.6 is 15.9 Å². The van der Waals surface area contributed by atoms with E-state index >= 15 is 0 Å². The molecule has 0 radical (unpaired) electrons. The molecule has 30 heavy (non-hydrogen) atoms. The number of phenolic OH excluding ortho intramolecular Hbond substituents is 1. The van der Waals surface area contributed by atoms with Crippen LogP contribution in [0.25, 0.3) is 0 Å². The molecule has 4 nitrogen and oxygen atoms in total. The first-order valence-corrected chi connectivity index (χ1v) is 10.6. The Morgan fingerprint density at radius 3 is 2.60 bits per heavy atom. The zero-order chi connectivity index (χ0) is 21.1. The van der Waals surface area contributed by atoms with Gasteiger partial charge in [0.1, 0.15) is 23.5 Å². The minimum absolute atomic E-state index is 0.191. The molecule has 4 rings (SSSR count). The minimum atomic E-state index is -0.565. The Morgan fingerprint density at radius 2 is 1.87 bits per heavy atom. The first kappa shape index (κ1) is 20.6. The van der Waals surface area contributed by atoms with E-state index in [1.807, 2.05) is 37.3 Å². The fraction of sp³-hybridized carbons (Fsp3) is 0.208. The van der Waals surface area contributed by atoms with Crippen molar-refractivity contribution < 1.29 is 14.2 Å². The van der Waals surface area contributed by atoms with Crippen molar-refractivity contribution in [3.8, 4) is 11.5 Å². The highest BCUT2D eigenvalue weighted by Crippen LogP contribution is 2.36. The van der Waals surface area contributed by atoms with Gasteiger partial charge in [0.05, 0.1) is 6.61 Å². The predicted molar refractivity (Wildman–Crippen MR) is 120 cm³/mol. The van der Waals surface area contributed by atoms with Gasteiger partial charge in [-0.05, 0) is 61.0 Å². The lowest BCUT2D eigenvalue weighted by Gasteiger charge is -2.31. The fourth-order valence-corrected chi connectivity index (χ4v) is 4.03. The smallest absolute Gasteiger partial charge is 0.129 e. The van der Waals surface area contributed by atoms with Crippen molar-refractivity contribution in [2.24, 2.45) is 4.99 Å². The molecule has 2 atom stereocenters. The molecular formula is C24H22BrFN2O2. The Balaban J connectivity index is 1.75. The summed E-state index contributed by atoms with van der Waals surface area (Å²) in [7, 11) is 0. The first-order chi connectivity index (χ1) is 14.5. The summed E-state index contributed by atoms with van der Waals surface area (Å²) in [5, 5.41) is 13.9. The summed E-state index contributed by atoms with van der Waals surface area (Å²) < 4.78 is 20.9. The summed E-state index contributed by atoms with van der Waals surface area (Å²) in [6, 6.07) is 19.5. The van der Waals surface area contributed by atoms with Crippen LogP contribution in [0.5, 0.6) is 11.5 Å². The van der Waals surface area contributed by atoms with Crippen molar-refractivity contribution in [1.82, 2.24) is 5.32 Å². The van der Waals surface area contributed by atoms with Crippen molar-refractivity contribution in [2.45, 2.75) is 25.6 Å². The molecular weight excluding hydrogens is 447 g/mol. The number of benzene rings is 3. The van der Waals surface area contributed by atoms with Gasteiger partial charge >= 0.3 is 0 Å². The first-order valence-electron chi connectivity index (χ1n) is 9.84. The van der Waals surface area contributed by atoms with Gasteiger partial charge in [0.25, 0.3) is 0 Å². The highest BCUT2D eigenvalue weighted by molar-refractivity contribution is 9.10. The second-order valence-electron chi connectivity index (χ2n) is 7.08. The van der Waals surface area contributed by atoms with Crippen molar-refractivity contribution >= 4 is 21.6 Å². The highest BCUT2D eigenvalue weighted by atomic mass is 79.9. The van der Waals surface area contributed by atoms with E-state index in [-0.39, 0.29) is 17.6 Å². The molecule has 0 saturated carbocycles. The van der Waals surface area contributed by atoms with Gasteiger partial charge in [0.2, 0.25) is 0 Å². The van der Waals surface area contributed by atoms with Crippen LogP contribution in [-0.4, -0.2) is 17.4 Å². The summed E-state index contributed by atoms with van der Waals surface area (Å²) in [5.41, 5.74) is 3.00. The third-order valence-electron chi connectivity index (χ3n) is 5.10. The summed E-state index contributed by atoms with van der Waals surface area (Å²) in [6.45, 7) is 2.54. The maximum absolute atomic E-state index is 14.5. The van der Waals surface area contributed by atoms with Crippen molar-refractivity contribution in [1.29, 1.82) is 0 Å². The SMILES string of the molecule is CCOc1ccc(C2=N[C@H](c3ccccc3F)N[C@H](c3cc(Br)ccc3O)C2)cc1. The topological polar surface area (TPSA) is 53.8 Å². The van der Waals surface area contributed by atoms with Crippen LogP contribution in [0.1, 0.15) is 42.2 Å². The standard InChI is InChI=1S/C24H22BrFN2O2/c1-2-30-17-10-7-15(8-11-17)21-14-22(19-13-16(25)9-12-23(19)29)28-24(27-21)18-5-3-4-6-20(18)26/h3-13,22,24,28-29H,2,14H2,1H3/t22-,24-/m0/s1. The summed E-state index contributed by atoms with van der Waals surface area (Å²) in [4.78, 5) is 4.82. The molecule has 0 aromatic heterocycles. The number of aliphatic imine (C=N–C) groups is 1. The predicted octanol–water partition coefficient (Wildman–Crippen LogP) is 5.92. The van der Waals surface area contributed by atoms with Gasteiger partial charge in [0, 0.05) is 33.8 Å². The third-order valence-corrected chi connectivity index (χ3v) is 5.60. The Labute approximate surface area is 183 Å². The summed E-state index contributed by atoms with van der Waals surface area (Å²) >= 11 is 3.47. The maximum atomic E-state index is 14.5. The Kier molecular flexibility index (Phi) is 6.16. The number of halogens is 2. The number of ether oxygens (including phenoxy) is 1. The Morgan fingerprint density at radius 1 is 1.10 bits per heavy atom. The third kappa shape index (κ3) is 4.40. The molecule has 1 aliphatic heterocycles. The van der Waals surface area contributed by atoms with Gasteiger partial charge in [-0.15, -0.1) is 0 Å². The quantitative estimate of drug-likeness (QED) is 0.488. The van der Waals surface area contributed by atoms with Crippen molar-refractivity contribution in [3.05, 3.63) is 93.7 Å². The Bertz CT molecular complexity index is 1070. The molecule has 6 heteroatoms.